The first-order chi connectivity index (χ1) is 6.20. The summed E-state index contributed by atoms with van der Waals surface area (Å²) in [5, 5.41) is 0. The van der Waals surface area contributed by atoms with Crippen LogP contribution < -0.4 is 10.5 Å². The van der Waals surface area contributed by atoms with Crippen molar-refractivity contribution in [1.82, 2.24) is 4.98 Å². The average molecular weight is 180 g/mol. The predicted octanol–water partition coefficient (Wildman–Crippen LogP) is 1.44. The van der Waals surface area contributed by atoms with Crippen molar-refractivity contribution < 1.29 is 4.74 Å². The number of pyridine rings is 1. The first kappa shape index (κ1) is 9.99. The molecule has 1 aromatic rings. The van der Waals surface area contributed by atoms with Gasteiger partial charge in [0.05, 0.1) is 6.20 Å². The summed E-state index contributed by atoms with van der Waals surface area (Å²) in [4.78, 5) is 3.94. The van der Waals surface area contributed by atoms with E-state index in [0.717, 1.165) is 5.75 Å². The van der Waals surface area contributed by atoms with E-state index in [1.54, 1.807) is 12.4 Å². The molecule has 0 bridgehead atoms. The second-order valence-corrected chi connectivity index (χ2v) is 3.41. The third-order valence-electron chi connectivity index (χ3n) is 1.93. The summed E-state index contributed by atoms with van der Waals surface area (Å²) < 4.78 is 5.44. The van der Waals surface area contributed by atoms with Gasteiger partial charge in [0.25, 0.3) is 0 Å². The summed E-state index contributed by atoms with van der Waals surface area (Å²) in [6.45, 7) is 4.71. The molecular weight excluding hydrogens is 164 g/mol. The van der Waals surface area contributed by atoms with E-state index in [-0.39, 0.29) is 6.04 Å². The lowest BCUT2D eigenvalue weighted by atomic mass is 10.1. The number of nitrogens with zero attached hydrogens (tertiary/aromatic N) is 1. The molecule has 3 heteroatoms. The Labute approximate surface area is 78.9 Å². The Morgan fingerprint density at radius 3 is 2.85 bits per heavy atom. The van der Waals surface area contributed by atoms with Crippen LogP contribution in [0.4, 0.5) is 0 Å². The monoisotopic (exact) mass is 180 g/mol. The third-order valence-corrected chi connectivity index (χ3v) is 1.93. The van der Waals surface area contributed by atoms with Gasteiger partial charge in [0, 0.05) is 12.2 Å². The van der Waals surface area contributed by atoms with Crippen molar-refractivity contribution in [1.29, 1.82) is 0 Å². The van der Waals surface area contributed by atoms with Gasteiger partial charge in [-0.05, 0) is 18.1 Å². The van der Waals surface area contributed by atoms with Crippen molar-refractivity contribution in [3.8, 4) is 5.75 Å². The van der Waals surface area contributed by atoms with E-state index in [9.17, 15) is 0 Å². The number of nitrogens with two attached hydrogens (primary N) is 1. The molecule has 72 valence electrons. The van der Waals surface area contributed by atoms with Crippen molar-refractivity contribution in [2.24, 2.45) is 11.7 Å². The van der Waals surface area contributed by atoms with Gasteiger partial charge in [-0.1, -0.05) is 13.8 Å². The maximum atomic E-state index is 5.82. The van der Waals surface area contributed by atoms with Crippen molar-refractivity contribution in [2.45, 2.75) is 19.9 Å². The van der Waals surface area contributed by atoms with E-state index in [4.69, 9.17) is 10.5 Å². The van der Waals surface area contributed by atoms with E-state index in [2.05, 4.69) is 18.8 Å². The molecule has 0 aromatic carbocycles. The number of ether oxygens (including phenoxy) is 1. The lowest BCUT2D eigenvalue weighted by Crippen LogP contribution is -2.32. The van der Waals surface area contributed by atoms with Crippen LogP contribution in [0, 0.1) is 5.92 Å². The highest BCUT2D eigenvalue weighted by molar-refractivity contribution is 5.15. The summed E-state index contributed by atoms with van der Waals surface area (Å²) in [7, 11) is 0. The first-order valence-electron chi connectivity index (χ1n) is 4.48. The van der Waals surface area contributed by atoms with Gasteiger partial charge < -0.3 is 10.5 Å². The SMILES string of the molecule is CC(C)C(N)COc1cccnc1. The standard InChI is InChI=1S/C10H16N2O/c1-8(2)10(11)7-13-9-4-3-5-12-6-9/h3-6,8,10H,7,11H2,1-2H3. The Balaban J connectivity index is 2.35. The van der Waals surface area contributed by atoms with Crippen molar-refractivity contribution in [3.63, 3.8) is 0 Å². The Bertz CT molecular complexity index is 236. The van der Waals surface area contributed by atoms with Crippen molar-refractivity contribution in [2.75, 3.05) is 6.61 Å². The quantitative estimate of drug-likeness (QED) is 0.762. The summed E-state index contributed by atoms with van der Waals surface area (Å²) >= 11 is 0. The second-order valence-electron chi connectivity index (χ2n) is 3.41. The normalized spacial score (nSPS) is 12.9. The van der Waals surface area contributed by atoms with E-state index in [1.807, 2.05) is 12.1 Å². The minimum absolute atomic E-state index is 0.0835. The maximum Gasteiger partial charge on any atom is 0.137 e. The molecule has 1 aromatic heterocycles. The number of hydrogen-bond acceptors (Lipinski definition) is 3. The molecule has 0 aliphatic rings. The molecule has 1 rings (SSSR count). The van der Waals surface area contributed by atoms with Gasteiger partial charge in [-0.15, -0.1) is 0 Å². The number of aromatic nitrogens is 1. The molecule has 3 nitrogen and oxygen atoms in total. The average Bonchev–Trinajstić information content (AvgIpc) is 2.15. The van der Waals surface area contributed by atoms with Crippen molar-refractivity contribution in [3.05, 3.63) is 24.5 Å². The van der Waals surface area contributed by atoms with Crippen LogP contribution in [-0.2, 0) is 0 Å². The van der Waals surface area contributed by atoms with Crippen LogP contribution in [-0.4, -0.2) is 17.6 Å². The van der Waals surface area contributed by atoms with Crippen LogP contribution in [0.1, 0.15) is 13.8 Å². The highest BCUT2D eigenvalue weighted by Crippen LogP contribution is 2.07. The minimum atomic E-state index is 0.0835. The van der Waals surface area contributed by atoms with E-state index in [1.165, 1.54) is 0 Å². The smallest absolute Gasteiger partial charge is 0.137 e. The van der Waals surface area contributed by atoms with Gasteiger partial charge in [0.2, 0.25) is 0 Å². The molecule has 0 saturated carbocycles. The summed E-state index contributed by atoms with van der Waals surface area (Å²) in [6, 6.07) is 3.80. The number of rotatable bonds is 4. The van der Waals surface area contributed by atoms with Crippen LogP contribution in [0.15, 0.2) is 24.5 Å². The Hall–Kier alpha value is -1.09. The largest absolute Gasteiger partial charge is 0.490 e. The Kier molecular flexibility index (Phi) is 3.71. The summed E-state index contributed by atoms with van der Waals surface area (Å²) in [5.41, 5.74) is 5.82. The Morgan fingerprint density at radius 2 is 2.31 bits per heavy atom. The minimum Gasteiger partial charge on any atom is -0.490 e. The number of hydrogen-bond donors (Lipinski definition) is 1. The maximum absolute atomic E-state index is 5.82. The molecule has 1 heterocycles. The molecule has 0 aliphatic heterocycles. The summed E-state index contributed by atoms with van der Waals surface area (Å²) in [6.07, 6.45) is 3.41. The molecule has 2 N–H and O–H groups in total. The third kappa shape index (κ3) is 3.42. The van der Waals surface area contributed by atoms with Gasteiger partial charge in [-0.2, -0.15) is 0 Å². The van der Waals surface area contributed by atoms with Crippen LogP contribution in [0.2, 0.25) is 0 Å². The molecule has 0 radical (unpaired) electrons. The van der Waals surface area contributed by atoms with E-state index < -0.39 is 0 Å². The Morgan fingerprint density at radius 1 is 1.54 bits per heavy atom. The van der Waals surface area contributed by atoms with Gasteiger partial charge in [-0.25, -0.2) is 0 Å². The van der Waals surface area contributed by atoms with Gasteiger partial charge in [-0.3, -0.25) is 4.98 Å². The zero-order chi connectivity index (χ0) is 9.68. The fourth-order valence-electron chi connectivity index (χ4n) is 0.817. The zero-order valence-corrected chi connectivity index (χ0v) is 8.10. The molecular formula is C10H16N2O. The molecule has 0 spiro atoms. The summed E-state index contributed by atoms with van der Waals surface area (Å²) in [5.74, 6) is 1.22. The molecule has 0 aliphatic carbocycles. The van der Waals surface area contributed by atoms with Crippen molar-refractivity contribution >= 4 is 0 Å². The second kappa shape index (κ2) is 4.82. The molecule has 0 amide bonds. The highest BCUT2D eigenvalue weighted by Gasteiger charge is 2.07. The van der Waals surface area contributed by atoms with Gasteiger partial charge in [0.15, 0.2) is 0 Å². The van der Waals surface area contributed by atoms with Crippen LogP contribution in [0.3, 0.4) is 0 Å². The molecule has 13 heavy (non-hydrogen) atoms. The molecule has 1 unspecified atom stereocenters. The van der Waals surface area contributed by atoms with E-state index in [0.29, 0.717) is 12.5 Å². The topological polar surface area (TPSA) is 48.1 Å². The molecule has 0 fully saturated rings. The van der Waals surface area contributed by atoms with Crippen LogP contribution in [0.25, 0.3) is 0 Å². The fraction of sp³-hybridized carbons (Fsp3) is 0.500. The highest BCUT2D eigenvalue weighted by atomic mass is 16.5. The lowest BCUT2D eigenvalue weighted by molar-refractivity contribution is 0.259. The van der Waals surface area contributed by atoms with Gasteiger partial charge >= 0.3 is 0 Å². The van der Waals surface area contributed by atoms with Gasteiger partial charge in [0.1, 0.15) is 12.4 Å². The van der Waals surface area contributed by atoms with E-state index >= 15 is 0 Å². The molecule has 1 atom stereocenters. The predicted molar refractivity (Wildman–Crippen MR) is 52.5 cm³/mol. The van der Waals surface area contributed by atoms with Crippen LogP contribution >= 0.6 is 0 Å². The molecule has 0 saturated heterocycles. The zero-order valence-electron chi connectivity index (χ0n) is 8.10. The van der Waals surface area contributed by atoms with Crippen LogP contribution in [0.5, 0.6) is 5.75 Å². The lowest BCUT2D eigenvalue weighted by Gasteiger charge is -2.15. The first-order valence-corrected chi connectivity index (χ1v) is 4.48. The fourth-order valence-corrected chi connectivity index (χ4v) is 0.817.